The lowest BCUT2D eigenvalue weighted by Crippen LogP contribution is -2.48. The second-order valence-electron chi connectivity index (χ2n) is 6.78. The minimum absolute atomic E-state index is 0.00705. The van der Waals surface area contributed by atoms with Gasteiger partial charge in [-0.25, -0.2) is 0 Å². The van der Waals surface area contributed by atoms with Gasteiger partial charge < -0.3 is 10.6 Å². The Bertz CT molecular complexity index is 643. The molecule has 2 atom stereocenters. The number of hydrogen-bond acceptors (Lipinski definition) is 3. The Hall–Kier alpha value is -1.79. The lowest BCUT2D eigenvalue weighted by Gasteiger charge is -2.43. The molecular formula is C19H25N3. The molecule has 1 aromatic rings. The zero-order valence-corrected chi connectivity index (χ0v) is 13.8. The maximum absolute atomic E-state index is 9.49. The van der Waals surface area contributed by atoms with Gasteiger partial charge in [-0.15, -0.1) is 0 Å². The monoisotopic (exact) mass is 295 g/mol. The molecule has 2 unspecified atom stereocenters. The van der Waals surface area contributed by atoms with E-state index in [9.17, 15) is 5.26 Å². The molecule has 0 bridgehead atoms. The molecule has 1 aromatic carbocycles. The predicted molar refractivity (Wildman–Crippen MR) is 90.3 cm³/mol. The SMILES string of the molecule is Cc1cc(C)c(N2C3=C(CCCC3)C(C#N)CC2N)c(C)c1. The van der Waals surface area contributed by atoms with Crippen LogP contribution in [-0.2, 0) is 0 Å². The Morgan fingerprint density at radius 3 is 2.41 bits per heavy atom. The van der Waals surface area contributed by atoms with E-state index in [-0.39, 0.29) is 12.1 Å². The molecule has 116 valence electrons. The molecule has 1 aliphatic carbocycles. The molecule has 22 heavy (non-hydrogen) atoms. The molecular weight excluding hydrogens is 270 g/mol. The van der Waals surface area contributed by atoms with E-state index >= 15 is 0 Å². The van der Waals surface area contributed by atoms with Gasteiger partial charge in [0, 0.05) is 17.8 Å². The third-order valence-corrected chi connectivity index (χ3v) is 5.03. The molecule has 1 aliphatic heterocycles. The Kier molecular flexibility index (Phi) is 3.97. The van der Waals surface area contributed by atoms with Crippen molar-refractivity contribution in [2.45, 2.75) is 59.0 Å². The minimum Gasteiger partial charge on any atom is -0.329 e. The molecule has 3 nitrogen and oxygen atoms in total. The zero-order chi connectivity index (χ0) is 15.9. The molecule has 0 aromatic heterocycles. The number of allylic oxidation sites excluding steroid dienone is 2. The largest absolute Gasteiger partial charge is 0.329 e. The average molecular weight is 295 g/mol. The molecule has 0 saturated carbocycles. The van der Waals surface area contributed by atoms with Crippen LogP contribution in [0.2, 0.25) is 0 Å². The third kappa shape index (κ3) is 2.42. The standard InChI is InChI=1S/C19H25N3/c1-12-8-13(2)19(14(3)9-12)22-17-7-5-4-6-16(17)15(11-20)10-18(22)21/h8-9,15,18H,4-7,10,21H2,1-3H3. The highest BCUT2D eigenvalue weighted by atomic mass is 15.2. The van der Waals surface area contributed by atoms with Gasteiger partial charge in [-0.2, -0.15) is 5.26 Å². The van der Waals surface area contributed by atoms with Crippen LogP contribution in [0.1, 0.15) is 48.8 Å². The number of nitrogens with two attached hydrogens (primary N) is 1. The summed E-state index contributed by atoms with van der Waals surface area (Å²) in [6, 6.07) is 6.94. The van der Waals surface area contributed by atoms with E-state index in [0.29, 0.717) is 0 Å². The van der Waals surface area contributed by atoms with Crippen molar-refractivity contribution in [1.29, 1.82) is 5.26 Å². The molecule has 0 radical (unpaired) electrons. The normalized spacial score (nSPS) is 25.0. The number of anilines is 1. The van der Waals surface area contributed by atoms with Crippen LogP contribution in [0.4, 0.5) is 5.69 Å². The fourth-order valence-corrected chi connectivity index (χ4v) is 4.24. The summed E-state index contributed by atoms with van der Waals surface area (Å²) in [4.78, 5) is 2.34. The van der Waals surface area contributed by atoms with E-state index in [1.165, 1.54) is 46.5 Å². The Morgan fingerprint density at radius 1 is 1.14 bits per heavy atom. The average Bonchev–Trinajstić information content (AvgIpc) is 2.48. The maximum atomic E-state index is 9.49. The zero-order valence-electron chi connectivity index (χ0n) is 13.8. The topological polar surface area (TPSA) is 53.0 Å². The van der Waals surface area contributed by atoms with Crippen LogP contribution in [0.5, 0.6) is 0 Å². The molecule has 0 spiro atoms. The van der Waals surface area contributed by atoms with Crippen LogP contribution in [0.15, 0.2) is 23.4 Å². The van der Waals surface area contributed by atoms with Gasteiger partial charge >= 0.3 is 0 Å². The summed E-state index contributed by atoms with van der Waals surface area (Å²) in [6.07, 6.45) is 5.15. The molecule has 3 rings (SSSR count). The van der Waals surface area contributed by atoms with Crippen molar-refractivity contribution in [2.24, 2.45) is 11.7 Å². The number of nitriles is 1. The molecule has 2 aliphatic rings. The molecule has 0 fully saturated rings. The van der Waals surface area contributed by atoms with Gasteiger partial charge in [0.25, 0.3) is 0 Å². The van der Waals surface area contributed by atoms with Crippen molar-refractivity contribution in [3.63, 3.8) is 0 Å². The van der Waals surface area contributed by atoms with Crippen LogP contribution in [0, 0.1) is 38.0 Å². The first-order valence-corrected chi connectivity index (χ1v) is 8.27. The summed E-state index contributed by atoms with van der Waals surface area (Å²) in [7, 11) is 0. The van der Waals surface area contributed by atoms with Crippen LogP contribution in [0.25, 0.3) is 0 Å². The minimum atomic E-state index is -0.0957. The molecule has 2 N–H and O–H groups in total. The summed E-state index contributed by atoms with van der Waals surface area (Å²) < 4.78 is 0. The lowest BCUT2D eigenvalue weighted by molar-refractivity contribution is 0.456. The number of hydrogen-bond donors (Lipinski definition) is 1. The highest BCUT2D eigenvalue weighted by molar-refractivity contribution is 5.65. The fourth-order valence-electron chi connectivity index (χ4n) is 4.24. The lowest BCUT2D eigenvalue weighted by atomic mass is 9.81. The number of benzene rings is 1. The molecule has 3 heteroatoms. The van der Waals surface area contributed by atoms with E-state index in [1.807, 2.05) is 0 Å². The van der Waals surface area contributed by atoms with E-state index in [0.717, 1.165) is 19.3 Å². The Balaban J connectivity index is 2.15. The van der Waals surface area contributed by atoms with Crippen LogP contribution >= 0.6 is 0 Å². The Labute approximate surface area is 133 Å². The van der Waals surface area contributed by atoms with E-state index in [1.54, 1.807) is 0 Å². The van der Waals surface area contributed by atoms with E-state index < -0.39 is 0 Å². The smallest absolute Gasteiger partial charge is 0.0833 e. The second kappa shape index (κ2) is 5.78. The van der Waals surface area contributed by atoms with Gasteiger partial charge in [-0.05, 0) is 63.2 Å². The Morgan fingerprint density at radius 2 is 1.77 bits per heavy atom. The first-order chi connectivity index (χ1) is 10.5. The van der Waals surface area contributed by atoms with Crippen molar-refractivity contribution in [2.75, 3.05) is 4.90 Å². The van der Waals surface area contributed by atoms with Gasteiger partial charge in [0.15, 0.2) is 0 Å². The van der Waals surface area contributed by atoms with Gasteiger partial charge in [0.1, 0.15) is 0 Å². The number of aryl methyl sites for hydroxylation is 3. The first-order valence-electron chi connectivity index (χ1n) is 8.27. The van der Waals surface area contributed by atoms with E-state index in [2.05, 4.69) is 43.9 Å². The summed E-state index contributed by atoms with van der Waals surface area (Å²) >= 11 is 0. The fraction of sp³-hybridized carbons (Fsp3) is 0.526. The quantitative estimate of drug-likeness (QED) is 0.849. The number of rotatable bonds is 1. The summed E-state index contributed by atoms with van der Waals surface area (Å²) in [5, 5.41) is 9.49. The van der Waals surface area contributed by atoms with Crippen LogP contribution in [0.3, 0.4) is 0 Å². The first kappa shape index (κ1) is 15.1. The predicted octanol–water partition coefficient (Wildman–Crippen LogP) is 4.07. The van der Waals surface area contributed by atoms with Crippen molar-refractivity contribution in [1.82, 2.24) is 0 Å². The van der Waals surface area contributed by atoms with Crippen LogP contribution in [-0.4, -0.2) is 6.17 Å². The van der Waals surface area contributed by atoms with Gasteiger partial charge in [0.05, 0.1) is 18.2 Å². The van der Waals surface area contributed by atoms with Crippen molar-refractivity contribution in [3.8, 4) is 6.07 Å². The second-order valence-corrected chi connectivity index (χ2v) is 6.78. The van der Waals surface area contributed by atoms with Crippen molar-refractivity contribution >= 4 is 5.69 Å². The van der Waals surface area contributed by atoms with Gasteiger partial charge in [-0.1, -0.05) is 17.7 Å². The molecule has 0 saturated heterocycles. The van der Waals surface area contributed by atoms with Crippen molar-refractivity contribution < 1.29 is 0 Å². The molecule has 0 amide bonds. The summed E-state index contributed by atoms with van der Waals surface area (Å²) in [5.41, 5.74) is 14.3. The van der Waals surface area contributed by atoms with Gasteiger partial charge in [0.2, 0.25) is 0 Å². The maximum Gasteiger partial charge on any atom is 0.0833 e. The summed E-state index contributed by atoms with van der Waals surface area (Å²) in [6.45, 7) is 6.47. The highest BCUT2D eigenvalue weighted by Crippen LogP contribution is 2.43. The number of nitrogens with zero attached hydrogens (tertiary/aromatic N) is 2. The van der Waals surface area contributed by atoms with E-state index in [4.69, 9.17) is 5.73 Å². The highest BCUT2D eigenvalue weighted by Gasteiger charge is 2.35. The third-order valence-electron chi connectivity index (χ3n) is 5.03. The summed E-state index contributed by atoms with van der Waals surface area (Å²) in [5.74, 6) is 0.00705. The van der Waals surface area contributed by atoms with Gasteiger partial charge in [-0.3, -0.25) is 0 Å². The van der Waals surface area contributed by atoms with Crippen LogP contribution < -0.4 is 10.6 Å². The molecule has 1 heterocycles. The van der Waals surface area contributed by atoms with Crippen molar-refractivity contribution in [3.05, 3.63) is 40.1 Å².